The van der Waals surface area contributed by atoms with Gasteiger partial charge in [-0.2, -0.15) is 5.10 Å². The molecular formula is C18H21N3O3. The van der Waals surface area contributed by atoms with Crippen LogP contribution < -0.4 is 5.32 Å². The van der Waals surface area contributed by atoms with Crippen LogP contribution in [0, 0.1) is 5.92 Å². The Hall–Kier alpha value is -2.63. The Morgan fingerprint density at radius 2 is 2.04 bits per heavy atom. The molecule has 1 heterocycles. The molecule has 1 aromatic carbocycles. The number of hydrogen-bond acceptors (Lipinski definition) is 3. The van der Waals surface area contributed by atoms with Crippen molar-refractivity contribution < 1.29 is 14.7 Å². The number of aliphatic carboxylic acids is 1. The van der Waals surface area contributed by atoms with Crippen molar-refractivity contribution in [2.75, 3.05) is 0 Å². The van der Waals surface area contributed by atoms with Gasteiger partial charge in [0.1, 0.15) is 5.69 Å². The Morgan fingerprint density at radius 3 is 2.75 bits per heavy atom. The van der Waals surface area contributed by atoms with Crippen molar-refractivity contribution in [1.82, 2.24) is 15.5 Å². The molecule has 0 saturated heterocycles. The van der Waals surface area contributed by atoms with E-state index in [9.17, 15) is 14.7 Å². The summed E-state index contributed by atoms with van der Waals surface area (Å²) in [5.41, 5.74) is 1.20. The number of nitrogens with one attached hydrogen (secondary N) is 2. The second-order valence-electron chi connectivity index (χ2n) is 6.54. The quantitative estimate of drug-likeness (QED) is 0.804. The first kappa shape index (κ1) is 16.2. The highest BCUT2D eigenvalue weighted by Gasteiger charge is 2.42. The Kier molecular flexibility index (Phi) is 4.38. The Labute approximate surface area is 140 Å². The molecule has 126 valence electrons. The average Bonchev–Trinajstić information content (AvgIpc) is 3.05. The Bertz CT molecular complexity index is 741. The molecule has 0 aliphatic heterocycles. The van der Waals surface area contributed by atoms with Crippen molar-refractivity contribution in [2.24, 2.45) is 5.92 Å². The standard InChI is InChI=1S/C18H21N3O3/c1-18(10-6-5-9-13(18)17(23)24)19-16(22)15-11-14(20-21-15)12-7-3-2-4-8-12/h2-4,7-8,11,13H,5-6,9-10H2,1H3,(H,19,22)(H,20,21)(H,23,24). The second kappa shape index (κ2) is 6.47. The molecule has 1 aliphatic carbocycles. The molecule has 1 fully saturated rings. The van der Waals surface area contributed by atoms with Crippen molar-refractivity contribution in [3.05, 3.63) is 42.1 Å². The first-order chi connectivity index (χ1) is 11.5. The van der Waals surface area contributed by atoms with Gasteiger partial charge in [0.25, 0.3) is 5.91 Å². The van der Waals surface area contributed by atoms with Crippen LogP contribution in [0.15, 0.2) is 36.4 Å². The van der Waals surface area contributed by atoms with Crippen LogP contribution in [0.1, 0.15) is 43.1 Å². The highest BCUT2D eigenvalue weighted by Crippen LogP contribution is 2.34. The van der Waals surface area contributed by atoms with Gasteiger partial charge in [-0.15, -0.1) is 0 Å². The van der Waals surface area contributed by atoms with Gasteiger partial charge in [0.05, 0.1) is 17.2 Å². The number of nitrogens with zero attached hydrogens (tertiary/aromatic N) is 1. The number of H-pyrrole nitrogens is 1. The topological polar surface area (TPSA) is 95.1 Å². The van der Waals surface area contributed by atoms with E-state index in [0.29, 0.717) is 24.2 Å². The minimum Gasteiger partial charge on any atom is -0.481 e. The maximum atomic E-state index is 12.6. The van der Waals surface area contributed by atoms with E-state index in [2.05, 4.69) is 15.5 Å². The summed E-state index contributed by atoms with van der Waals surface area (Å²) in [4.78, 5) is 24.1. The molecule has 6 heteroatoms. The number of amides is 1. The third kappa shape index (κ3) is 3.18. The van der Waals surface area contributed by atoms with Gasteiger partial charge in [0.15, 0.2) is 0 Å². The van der Waals surface area contributed by atoms with Crippen molar-refractivity contribution in [2.45, 2.75) is 38.1 Å². The second-order valence-corrected chi connectivity index (χ2v) is 6.54. The molecular weight excluding hydrogens is 306 g/mol. The molecule has 2 unspecified atom stereocenters. The maximum Gasteiger partial charge on any atom is 0.308 e. The number of hydrogen-bond donors (Lipinski definition) is 3. The molecule has 6 nitrogen and oxygen atoms in total. The lowest BCUT2D eigenvalue weighted by molar-refractivity contribution is -0.145. The Morgan fingerprint density at radius 1 is 1.29 bits per heavy atom. The maximum absolute atomic E-state index is 12.6. The van der Waals surface area contributed by atoms with Crippen molar-refractivity contribution in [3.63, 3.8) is 0 Å². The lowest BCUT2D eigenvalue weighted by atomic mass is 9.74. The summed E-state index contributed by atoms with van der Waals surface area (Å²) in [6, 6.07) is 11.3. The zero-order chi connectivity index (χ0) is 17.2. The van der Waals surface area contributed by atoms with Crippen LogP contribution in [0.3, 0.4) is 0 Å². The van der Waals surface area contributed by atoms with Gasteiger partial charge in [-0.05, 0) is 25.8 Å². The molecule has 24 heavy (non-hydrogen) atoms. The molecule has 3 rings (SSSR count). The monoisotopic (exact) mass is 327 g/mol. The first-order valence-corrected chi connectivity index (χ1v) is 8.16. The van der Waals surface area contributed by atoms with E-state index >= 15 is 0 Å². The van der Waals surface area contributed by atoms with E-state index in [1.54, 1.807) is 6.07 Å². The number of carbonyl (C=O) groups is 2. The lowest BCUT2D eigenvalue weighted by Gasteiger charge is -2.39. The number of aromatic nitrogens is 2. The molecule has 0 spiro atoms. The van der Waals surface area contributed by atoms with Crippen molar-refractivity contribution >= 4 is 11.9 Å². The van der Waals surface area contributed by atoms with Crippen LogP contribution >= 0.6 is 0 Å². The molecule has 1 aromatic heterocycles. The van der Waals surface area contributed by atoms with Crippen LogP contribution in [-0.2, 0) is 4.79 Å². The fraction of sp³-hybridized carbons (Fsp3) is 0.389. The minimum atomic E-state index is -0.855. The van der Waals surface area contributed by atoms with Gasteiger partial charge >= 0.3 is 5.97 Å². The van der Waals surface area contributed by atoms with E-state index in [0.717, 1.165) is 18.4 Å². The Balaban J connectivity index is 1.77. The summed E-state index contributed by atoms with van der Waals surface area (Å²) < 4.78 is 0. The molecule has 2 atom stereocenters. The van der Waals surface area contributed by atoms with Crippen LogP contribution in [-0.4, -0.2) is 32.7 Å². The summed E-state index contributed by atoms with van der Waals surface area (Å²) in [5.74, 6) is -1.74. The summed E-state index contributed by atoms with van der Waals surface area (Å²) in [5, 5.41) is 19.3. The van der Waals surface area contributed by atoms with Gasteiger partial charge in [0, 0.05) is 5.56 Å². The van der Waals surface area contributed by atoms with Crippen LogP contribution in [0.2, 0.25) is 0 Å². The number of aromatic amines is 1. The largest absolute Gasteiger partial charge is 0.481 e. The normalized spacial score (nSPS) is 23.6. The fourth-order valence-electron chi connectivity index (χ4n) is 3.40. The van der Waals surface area contributed by atoms with E-state index in [-0.39, 0.29) is 5.91 Å². The van der Waals surface area contributed by atoms with Crippen LogP contribution in [0.5, 0.6) is 0 Å². The van der Waals surface area contributed by atoms with E-state index < -0.39 is 17.4 Å². The molecule has 0 radical (unpaired) electrons. The van der Waals surface area contributed by atoms with Crippen molar-refractivity contribution in [1.29, 1.82) is 0 Å². The van der Waals surface area contributed by atoms with E-state index in [4.69, 9.17) is 0 Å². The number of carboxylic acids is 1. The molecule has 1 saturated carbocycles. The van der Waals surface area contributed by atoms with Crippen LogP contribution in [0.4, 0.5) is 0 Å². The van der Waals surface area contributed by atoms with Gasteiger partial charge in [-0.25, -0.2) is 0 Å². The zero-order valence-electron chi connectivity index (χ0n) is 13.6. The smallest absolute Gasteiger partial charge is 0.308 e. The zero-order valence-corrected chi connectivity index (χ0v) is 13.6. The minimum absolute atomic E-state index is 0.319. The molecule has 0 bridgehead atoms. The summed E-state index contributed by atoms with van der Waals surface area (Å²) in [7, 11) is 0. The predicted octanol–water partition coefficient (Wildman–Crippen LogP) is 2.84. The highest BCUT2D eigenvalue weighted by molar-refractivity contribution is 5.94. The van der Waals surface area contributed by atoms with Gasteiger partial charge in [-0.3, -0.25) is 14.7 Å². The SMILES string of the molecule is CC1(NC(=O)c2cc(-c3ccccc3)n[nH]2)CCCCC1C(=O)O. The van der Waals surface area contributed by atoms with Crippen LogP contribution in [0.25, 0.3) is 11.3 Å². The first-order valence-electron chi connectivity index (χ1n) is 8.16. The van der Waals surface area contributed by atoms with Crippen molar-refractivity contribution in [3.8, 4) is 11.3 Å². The average molecular weight is 327 g/mol. The third-order valence-corrected chi connectivity index (χ3v) is 4.80. The predicted molar refractivity (Wildman–Crippen MR) is 89.5 cm³/mol. The van der Waals surface area contributed by atoms with Gasteiger partial charge < -0.3 is 10.4 Å². The molecule has 2 aromatic rings. The number of carbonyl (C=O) groups excluding carboxylic acids is 1. The van der Waals surface area contributed by atoms with Gasteiger partial charge in [0.2, 0.25) is 0 Å². The van der Waals surface area contributed by atoms with Gasteiger partial charge in [-0.1, -0.05) is 43.2 Å². The number of benzene rings is 1. The molecule has 1 amide bonds. The highest BCUT2D eigenvalue weighted by atomic mass is 16.4. The summed E-state index contributed by atoms with van der Waals surface area (Å²) in [6.45, 7) is 1.82. The number of carboxylic acid groups (broad SMARTS) is 1. The molecule has 3 N–H and O–H groups in total. The third-order valence-electron chi connectivity index (χ3n) is 4.80. The molecule has 1 aliphatic rings. The van der Waals surface area contributed by atoms with E-state index in [1.165, 1.54) is 0 Å². The lowest BCUT2D eigenvalue weighted by Crippen LogP contribution is -2.55. The number of rotatable bonds is 4. The van der Waals surface area contributed by atoms with E-state index in [1.807, 2.05) is 37.3 Å². The fourth-order valence-corrected chi connectivity index (χ4v) is 3.40. The summed E-state index contributed by atoms with van der Waals surface area (Å²) >= 11 is 0. The summed E-state index contributed by atoms with van der Waals surface area (Å²) in [6.07, 6.45) is 3.04.